The minimum absolute atomic E-state index is 0.153. The third-order valence-corrected chi connectivity index (χ3v) is 5.67. The monoisotopic (exact) mass is 469 g/mol. The lowest BCUT2D eigenvalue weighted by atomic mass is 10.1. The van der Waals surface area contributed by atoms with Crippen LogP contribution in [0.25, 0.3) is 16.4 Å². The Kier molecular flexibility index (Phi) is 4.84. The van der Waals surface area contributed by atoms with E-state index in [1.807, 2.05) is 60.7 Å². The van der Waals surface area contributed by atoms with E-state index in [-0.39, 0.29) is 11.7 Å². The van der Waals surface area contributed by atoms with E-state index in [1.54, 1.807) is 35.0 Å². The molecular weight excluding hydrogens is 454 g/mol. The van der Waals surface area contributed by atoms with Crippen molar-refractivity contribution >= 4 is 49.7 Å². The molecule has 31 heavy (non-hydrogen) atoms. The molecule has 1 amide bonds. The van der Waals surface area contributed by atoms with Crippen LogP contribution >= 0.6 is 15.9 Å². The molecule has 5 nitrogen and oxygen atoms in total. The average Bonchev–Trinajstić information content (AvgIpc) is 3.19. The van der Waals surface area contributed by atoms with Crippen molar-refractivity contribution in [3.05, 3.63) is 113 Å². The van der Waals surface area contributed by atoms with Crippen molar-refractivity contribution in [2.45, 2.75) is 0 Å². The number of para-hydroxylation sites is 1. The van der Waals surface area contributed by atoms with Gasteiger partial charge < -0.3 is 9.72 Å². The predicted molar refractivity (Wildman–Crippen MR) is 125 cm³/mol. The van der Waals surface area contributed by atoms with Crippen LogP contribution in [0.3, 0.4) is 0 Å². The molecule has 0 aliphatic rings. The van der Waals surface area contributed by atoms with Gasteiger partial charge in [0.1, 0.15) is 0 Å². The number of nitrogens with one attached hydrogen (secondary N) is 1. The number of benzene rings is 2. The summed E-state index contributed by atoms with van der Waals surface area (Å²) in [6, 6.07) is 23.8. The van der Waals surface area contributed by atoms with E-state index in [0.717, 1.165) is 9.86 Å². The Morgan fingerprint density at radius 3 is 2.55 bits per heavy atom. The Hall–Kier alpha value is -3.77. The zero-order valence-electron chi connectivity index (χ0n) is 16.2. The minimum atomic E-state index is -0.295. The smallest absolute Gasteiger partial charge is 0.257 e. The molecular formula is C25H16BrN3O2. The lowest BCUT2D eigenvalue weighted by Crippen LogP contribution is -2.12. The maximum atomic E-state index is 13.2. The number of hydrogen-bond acceptors (Lipinski definition) is 3. The number of carbonyl (C=O) groups excluding carboxylic acids is 2. The Morgan fingerprint density at radius 2 is 1.71 bits per heavy atom. The molecule has 0 bridgehead atoms. The number of rotatable bonds is 4. The van der Waals surface area contributed by atoms with Crippen LogP contribution in [0.15, 0.2) is 95.7 Å². The van der Waals surface area contributed by atoms with Gasteiger partial charge in [0.2, 0.25) is 5.78 Å². The van der Waals surface area contributed by atoms with Gasteiger partial charge >= 0.3 is 0 Å². The molecule has 5 aromatic rings. The van der Waals surface area contributed by atoms with Gasteiger partial charge in [-0.1, -0.05) is 40.2 Å². The standard InChI is InChI=1S/C25H16BrN3O2/c26-18-11-9-17(10-12-18)24(30)22-15-19(21-8-1-2-14-29(21)22)25(31)28-20-7-3-5-16-6-4-13-27-23(16)20/h1-15H,(H,28,31). The van der Waals surface area contributed by atoms with Gasteiger partial charge in [-0.05, 0) is 54.6 Å². The zero-order chi connectivity index (χ0) is 21.4. The van der Waals surface area contributed by atoms with Crippen LogP contribution in [-0.2, 0) is 0 Å². The lowest BCUT2D eigenvalue weighted by molar-refractivity contribution is 0.102. The van der Waals surface area contributed by atoms with Crippen LogP contribution in [0.1, 0.15) is 26.4 Å². The number of anilines is 1. The van der Waals surface area contributed by atoms with Gasteiger partial charge in [0.05, 0.1) is 28.0 Å². The number of nitrogens with zero attached hydrogens (tertiary/aromatic N) is 2. The van der Waals surface area contributed by atoms with Crippen molar-refractivity contribution in [1.82, 2.24) is 9.38 Å². The fourth-order valence-electron chi connectivity index (χ4n) is 3.65. The maximum Gasteiger partial charge on any atom is 0.257 e. The molecule has 6 heteroatoms. The first-order chi connectivity index (χ1) is 15.1. The third-order valence-electron chi connectivity index (χ3n) is 5.14. The molecule has 3 heterocycles. The highest BCUT2D eigenvalue weighted by Crippen LogP contribution is 2.25. The molecule has 0 unspecified atom stereocenters. The molecule has 0 aliphatic carbocycles. The molecule has 5 rings (SSSR count). The van der Waals surface area contributed by atoms with E-state index < -0.39 is 0 Å². The first-order valence-corrected chi connectivity index (χ1v) is 10.5. The van der Waals surface area contributed by atoms with E-state index in [2.05, 4.69) is 26.2 Å². The van der Waals surface area contributed by atoms with Gasteiger partial charge in [-0.15, -0.1) is 0 Å². The summed E-state index contributed by atoms with van der Waals surface area (Å²) in [5.74, 6) is -0.448. The molecule has 0 spiro atoms. The van der Waals surface area contributed by atoms with Crippen molar-refractivity contribution < 1.29 is 9.59 Å². The molecule has 0 saturated carbocycles. The number of hydrogen-bond donors (Lipinski definition) is 1. The molecule has 3 aromatic heterocycles. The van der Waals surface area contributed by atoms with E-state index in [1.165, 1.54) is 0 Å². The summed E-state index contributed by atoms with van der Waals surface area (Å²) < 4.78 is 2.65. The number of ketones is 1. The summed E-state index contributed by atoms with van der Waals surface area (Å²) in [4.78, 5) is 30.8. The Morgan fingerprint density at radius 1 is 0.903 bits per heavy atom. The van der Waals surface area contributed by atoms with E-state index in [4.69, 9.17) is 0 Å². The van der Waals surface area contributed by atoms with Crippen molar-refractivity contribution in [1.29, 1.82) is 0 Å². The second-order valence-electron chi connectivity index (χ2n) is 7.07. The van der Waals surface area contributed by atoms with Crippen molar-refractivity contribution in [2.24, 2.45) is 0 Å². The van der Waals surface area contributed by atoms with Crippen LogP contribution in [0.2, 0.25) is 0 Å². The van der Waals surface area contributed by atoms with Crippen LogP contribution in [0, 0.1) is 0 Å². The SMILES string of the molecule is O=C(Nc1cccc2cccnc12)c1cc(C(=O)c2ccc(Br)cc2)n2ccccc12. The van der Waals surface area contributed by atoms with Gasteiger partial charge in [0.15, 0.2) is 0 Å². The quantitative estimate of drug-likeness (QED) is 0.341. The van der Waals surface area contributed by atoms with Crippen molar-refractivity contribution in [3.8, 4) is 0 Å². The van der Waals surface area contributed by atoms with Crippen LogP contribution in [0.4, 0.5) is 5.69 Å². The summed E-state index contributed by atoms with van der Waals surface area (Å²) in [5.41, 5.74) is 3.41. The van der Waals surface area contributed by atoms with Crippen LogP contribution in [0.5, 0.6) is 0 Å². The highest BCUT2D eigenvalue weighted by atomic mass is 79.9. The number of amides is 1. The van der Waals surface area contributed by atoms with E-state index in [9.17, 15) is 9.59 Å². The topological polar surface area (TPSA) is 63.5 Å². The molecule has 0 saturated heterocycles. The van der Waals surface area contributed by atoms with Gasteiger partial charge in [-0.2, -0.15) is 0 Å². The molecule has 150 valence electrons. The lowest BCUT2D eigenvalue weighted by Gasteiger charge is -2.07. The summed E-state index contributed by atoms with van der Waals surface area (Å²) in [6.45, 7) is 0. The zero-order valence-corrected chi connectivity index (χ0v) is 17.8. The fourth-order valence-corrected chi connectivity index (χ4v) is 3.92. The first kappa shape index (κ1) is 19.2. The molecule has 0 aliphatic heterocycles. The Labute approximate surface area is 186 Å². The number of aromatic nitrogens is 2. The highest BCUT2D eigenvalue weighted by molar-refractivity contribution is 9.10. The Balaban J connectivity index is 1.56. The maximum absolute atomic E-state index is 13.2. The number of halogens is 1. The summed E-state index contributed by atoms with van der Waals surface area (Å²) in [5, 5.41) is 3.90. The van der Waals surface area contributed by atoms with Gasteiger partial charge in [-0.25, -0.2) is 0 Å². The van der Waals surface area contributed by atoms with Gasteiger partial charge in [0, 0.05) is 27.8 Å². The van der Waals surface area contributed by atoms with Crippen molar-refractivity contribution in [2.75, 3.05) is 5.32 Å². The highest BCUT2D eigenvalue weighted by Gasteiger charge is 2.21. The average molecular weight is 470 g/mol. The van der Waals surface area contributed by atoms with E-state index >= 15 is 0 Å². The second kappa shape index (κ2) is 7.81. The largest absolute Gasteiger partial charge is 0.320 e. The molecule has 2 aromatic carbocycles. The van der Waals surface area contributed by atoms with Crippen LogP contribution < -0.4 is 5.32 Å². The molecule has 0 atom stereocenters. The van der Waals surface area contributed by atoms with Gasteiger partial charge in [-0.3, -0.25) is 14.6 Å². The Bertz CT molecular complexity index is 1450. The number of fused-ring (bicyclic) bond motifs is 2. The molecule has 0 fully saturated rings. The van der Waals surface area contributed by atoms with Crippen LogP contribution in [-0.4, -0.2) is 21.1 Å². The van der Waals surface area contributed by atoms with Gasteiger partial charge in [0.25, 0.3) is 5.91 Å². The third kappa shape index (κ3) is 3.51. The molecule has 0 radical (unpaired) electrons. The number of pyridine rings is 2. The fraction of sp³-hybridized carbons (Fsp3) is 0. The predicted octanol–water partition coefficient (Wildman–Crippen LogP) is 5.73. The first-order valence-electron chi connectivity index (χ1n) is 9.67. The summed E-state index contributed by atoms with van der Waals surface area (Å²) >= 11 is 3.39. The molecule has 1 N–H and O–H groups in total. The minimum Gasteiger partial charge on any atom is -0.320 e. The second-order valence-corrected chi connectivity index (χ2v) is 7.99. The van der Waals surface area contributed by atoms with E-state index in [0.29, 0.717) is 33.5 Å². The van der Waals surface area contributed by atoms with Crippen molar-refractivity contribution in [3.63, 3.8) is 0 Å². The number of carbonyl (C=O) groups is 2. The summed E-state index contributed by atoms with van der Waals surface area (Å²) in [6.07, 6.45) is 3.48. The normalized spacial score (nSPS) is 11.0. The summed E-state index contributed by atoms with van der Waals surface area (Å²) in [7, 11) is 0.